The number of hydrogen-bond donors (Lipinski definition) is 1. The first-order valence-corrected chi connectivity index (χ1v) is 8.51. The molecular formula is C19H24N2O3. The summed E-state index contributed by atoms with van der Waals surface area (Å²) in [6, 6.07) is 9.99. The molecule has 2 saturated heterocycles. The van der Waals surface area contributed by atoms with Crippen LogP contribution in [0.1, 0.15) is 24.8 Å². The molecule has 1 aromatic rings. The summed E-state index contributed by atoms with van der Waals surface area (Å²) in [6.45, 7) is 5.96. The third-order valence-corrected chi connectivity index (χ3v) is 5.13. The summed E-state index contributed by atoms with van der Waals surface area (Å²) >= 11 is 0. The molecule has 3 rings (SSSR count). The molecule has 24 heavy (non-hydrogen) atoms. The first kappa shape index (κ1) is 16.7. The average Bonchev–Trinajstić information content (AvgIpc) is 3.15. The summed E-state index contributed by atoms with van der Waals surface area (Å²) in [7, 11) is 0. The van der Waals surface area contributed by atoms with E-state index in [0.29, 0.717) is 39.1 Å². The molecule has 0 spiro atoms. The lowest BCUT2D eigenvalue weighted by molar-refractivity contribution is -0.134. The van der Waals surface area contributed by atoms with Gasteiger partial charge in [0.1, 0.15) is 0 Å². The predicted molar refractivity (Wildman–Crippen MR) is 91.5 cm³/mol. The Kier molecular flexibility index (Phi) is 5.00. The van der Waals surface area contributed by atoms with Crippen molar-refractivity contribution in [2.24, 2.45) is 0 Å². The summed E-state index contributed by atoms with van der Waals surface area (Å²) in [4.78, 5) is 26.8. The zero-order valence-corrected chi connectivity index (χ0v) is 13.9. The van der Waals surface area contributed by atoms with E-state index in [1.54, 1.807) is 4.90 Å². The van der Waals surface area contributed by atoms with Crippen LogP contribution in [0.5, 0.6) is 0 Å². The lowest BCUT2D eigenvalue weighted by atomic mass is 9.71. The van der Waals surface area contributed by atoms with Gasteiger partial charge in [-0.05, 0) is 30.9 Å². The van der Waals surface area contributed by atoms with Crippen molar-refractivity contribution in [1.29, 1.82) is 0 Å². The molecule has 0 bridgehead atoms. The van der Waals surface area contributed by atoms with Crippen LogP contribution in [0.3, 0.4) is 0 Å². The largest absolute Gasteiger partial charge is 0.379 e. The fraction of sp³-hybridized carbons (Fsp3) is 0.474. The molecule has 0 aromatic heterocycles. The van der Waals surface area contributed by atoms with Crippen molar-refractivity contribution in [3.63, 3.8) is 0 Å². The third kappa shape index (κ3) is 3.22. The van der Waals surface area contributed by atoms with E-state index >= 15 is 0 Å². The highest BCUT2D eigenvalue weighted by molar-refractivity contribution is 5.90. The zero-order valence-electron chi connectivity index (χ0n) is 13.9. The van der Waals surface area contributed by atoms with Crippen LogP contribution in [-0.2, 0) is 19.7 Å². The van der Waals surface area contributed by atoms with Crippen LogP contribution in [0.15, 0.2) is 43.0 Å². The van der Waals surface area contributed by atoms with Crippen molar-refractivity contribution < 1.29 is 14.3 Å². The average molecular weight is 328 g/mol. The van der Waals surface area contributed by atoms with E-state index in [2.05, 4.69) is 11.9 Å². The summed E-state index contributed by atoms with van der Waals surface area (Å²) < 4.78 is 5.37. The van der Waals surface area contributed by atoms with Gasteiger partial charge in [0, 0.05) is 19.7 Å². The number of likely N-dealkylation sites (tertiary alicyclic amines) is 1. The van der Waals surface area contributed by atoms with Gasteiger partial charge in [-0.2, -0.15) is 0 Å². The van der Waals surface area contributed by atoms with E-state index in [9.17, 15) is 9.59 Å². The van der Waals surface area contributed by atoms with E-state index in [-0.39, 0.29) is 17.9 Å². The van der Waals surface area contributed by atoms with Crippen molar-refractivity contribution in [2.75, 3.05) is 26.3 Å². The number of carbonyl (C=O) groups excluding carboxylic acids is 2. The number of piperidine rings is 1. The van der Waals surface area contributed by atoms with Gasteiger partial charge in [0.15, 0.2) is 0 Å². The number of ether oxygens (including phenoxy) is 1. The Hall–Kier alpha value is -2.14. The lowest BCUT2D eigenvalue weighted by Crippen LogP contribution is -2.54. The molecule has 2 aliphatic rings. The molecule has 0 aliphatic carbocycles. The normalized spacial score (nSPS) is 22.8. The maximum Gasteiger partial charge on any atom is 0.245 e. The molecule has 2 amide bonds. The Labute approximate surface area is 142 Å². The van der Waals surface area contributed by atoms with Crippen molar-refractivity contribution in [3.8, 4) is 0 Å². The number of hydrogen-bond acceptors (Lipinski definition) is 3. The highest BCUT2D eigenvalue weighted by Crippen LogP contribution is 2.36. The minimum atomic E-state index is -0.582. The lowest BCUT2D eigenvalue weighted by Gasteiger charge is -2.41. The number of rotatable bonds is 4. The molecule has 2 heterocycles. The SMILES string of the molecule is C=CC(=O)N1CCC(C(=O)NC2CCOC2)(c2ccccc2)CC1. The maximum atomic E-state index is 13.1. The minimum Gasteiger partial charge on any atom is -0.379 e. The second-order valence-electron chi connectivity index (χ2n) is 6.51. The van der Waals surface area contributed by atoms with Gasteiger partial charge in [-0.15, -0.1) is 0 Å². The van der Waals surface area contributed by atoms with Gasteiger partial charge in [0.25, 0.3) is 0 Å². The van der Waals surface area contributed by atoms with E-state index in [1.165, 1.54) is 6.08 Å². The Morgan fingerprint density at radius 2 is 1.96 bits per heavy atom. The molecular weight excluding hydrogens is 304 g/mol. The third-order valence-electron chi connectivity index (χ3n) is 5.13. The van der Waals surface area contributed by atoms with Crippen LogP contribution < -0.4 is 5.32 Å². The molecule has 5 nitrogen and oxygen atoms in total. The topological polar surface area (TPSA) is 58.6 Å². The summed E-state index contributed by atoms with van der Waals surface area (Å²) in [5, 5.41) is 3.16. The van der Waals surface area contributed by atoms with Crippen LogP contribution in [0.2, 0.25) is 0 Å². The molecule has 1 aromatic carbocycles. The van der Waals surface area contributed by atoms with E-state index in [0.717, 1.165) is 12.0 Å². The standard InChI is InChI=1S/C19H24N2O3/c1-2-17(22)21-11-9-19(10-12-21,15-6-4-3-5-7-15)18(23)20-16-8-13-24-14-16/h2-7,16H,1,8-14H2,(H,20,23). The molecule has 1 unspecified atom stereocenters. The van der Waals surface area contributed by atoms with Gasteiger partial charge >= 0.3 is 0 Å². The summed E-state index contributed by atoms with van der Waals surface area (Å²) in [6.07, 6.45) is 3.44. The number of amides is 2. The van der Waals surface area contributed by atoms with Gasteiger partial charge in [0.05, 0.1) is 18.1 Å². The van der Waals surface area contributed by atoms with Gasteiger partial charge in [-0.25, -0.2) is 0 Å². The molecule has 2 aliphatic heterocycles. The Morgan fingerprint density at radius 1 is 1.25 bits per heavy atom. The molecule has 1 atom stereocenters. The second-order valence-corrected chi connectivity index (χ2v) is 6.51. The molecule has 128 valence electrons. The van der Waals surface area contributed by atoms with E-state index in [4.69, 9.17) is 4.74 Å². The first-order valence-electron chi connectivity index (χ1n) is 8.51. The smallest absolute Gasteiger partial charge is 0.245 e. The molecule has 0 saturated carbocycles. The minimum absolute atomic E-state index is 0.0508. The quantitative estimate of drug-likeness (QED) is 0.855. The highest BCUT2D eigenvalue weighted by atomic mass is 16.5. The number of benzene rings is 1. The van der Waals surface area contributed by atoms with Crippen molar-refractivity contribution >= 4 is 11.8 Å². The fourth-order valence-electron chi connectivity index (χ4n) is 3.61. The summed E-state index contributed by atoms with van der Waals surface area (Å²) in [5.41, 5.74) is 0.439. The maximum absolute atomic E-state index is 13.1. The van der Waals surface area contributed by atoms with Crippen LogP contribution in [0.4, 0.5) is 0 Å². The number of nitrogens with zero attached hydrogens (tertiary/aromatic N) is 1. The highest BCUT2D eigenvalue weighted by Gasteiger charge is 2.44. The van der Waals surface area contributed by atoms with Crippen LogP contribution in [0.25, 0.3) is 0 Å². The van der Waals surface area contributed by atoms with Gasteiger partial charge in [-0.3, -0.25) is 9.59 Å². The zero-order chi connectivity index (χ0) is 17.0. The molecule has 2 fully saturated rings. The predicted octanol–water partition coefficient (Wildman–Crippen LogP) is 1.64. The van der Waals surface area contributed by atoms with Crippen LogP contribution >= 0.6 is 0 Å². The van der Waals surface area contributed by atoms with Gasteiger partial charge < -0.3 is 15.0 Å². The monoisotopic (exact) mass is 328 g/mol. The molecule has 1 N–H and O–H groups in total. The fourth-order valence-corrected chi connectivity index (χ4v) is 3.61. The van der Waals surface area contributed by atoms with E-state index in [1.807, 2.05) is 30.3 Å². The Morgan fingerprint density at radius 3 is 2.54 bits per heavy atom. The van der Waals surface area contributed by atoms with E-state index < -0.39 is 5.41 Å². The number of carbonyl (C=O) groups is 2. The van der Waals surface area contributed by atoms with Gasteiger partial charge in [-0.1, -0.05) is 36.9 Å². The van der Waals surface area contributed by atoms with Gasteiger partial charge in [0.2, 0.25) is 11.8 Å². The van der Waals surface area contributed by atoms with Crippen molar-refractivity contribution in [2.45, 2.75) is 30.7 Å². The summed E-state index contributed by atoms with van der Waals surface area (Å²) in [5.74, 6) is -0.0174. The number of nitrogens with one attached hydrogen (secondary N) is 1. The van der Waals surface area contributed by atoms with Crippen molar-refractivity contribution in [1.82, 2.24) is 10.2 Å². The van der Waals surface area contributed by atoms with Crippen molar-refractivity contribution in [3.05, 3.63) is 48.6 Å². The molecule has 0 radical (unpaired) electrons. The Bertz CT molecular complexity index is 600. The van der Waals surface area contributed by atoms with Crippen LogP contribution in [0, 0.1) is 0 Å². The first-order chi connectivity index (χ1) is 11.7. The van der Waals surface area contributed by atoms with Crippen LogP contribution in [-0.4, -0.2) is 49.1 Å². The molecule has 5 heteroatoms. The second kappa shape index (κ2) is 7.18. The Balaban J connectivity index is 1.81.